The van der Waals surface area contributed by atoms with Crippen LogP contribution < -0.4 is 4.89 Å². The highest BCUT2D eigenvalue weighted by Crippen LogP contribution is 1.91. The third kappa shape index (κ3) is 8.76. The average molecular weight is 211 g/mol. The maximum Gasteiger partial charge on any atom is 0.326 e. The van der Waals surface area contributed by atoms with Crippen molar-refractivity contribution >= 4 is 22.0 Å². The van der Waals surface area contributed by atoms with Gasteiger partial charge in [-0.15, -0.1) is 0 Å². The lowest BCUT2D eigenvalue weighted by Gasteiger charge is -2.01. The number of aliphatic carboxylic acids is 1. The summed E-state index contributed by atoms with van der Waals surface area (Å²) in [5.74, 6) is -2.09. The molecule has 13 heavy (non-hydrogen) atoms. The van der Waals surface area contributed by atoms with Gasteiger partial charge >= 0.3 is 11.9 Å². The standard InChI is InChI=1S/C5H9NO6S/c1-13(10,11)6-12-5(9)3-2-4(7)8/h6H,2-3H2,1H3,(H,7,8). The van der Waals surface area contributed by atoms with Crippen LogP contribution in [0.4, 0.5) is 0 Å². The molecule has 0 saturated heterocycles. The Morgan fingerprint density at radius 1 is 1.38 bits per heavy atom. The molecule has 0 aliphatic rings. The SMILES string of the molecule is CS(=O)(=O)NOC(=O)CCC(=O)O. The zero-order chi connectivity index (χ0) is 10.5. The second-order valence-electron chi connectivity index (χ2n) is 2.22. The Labute approximate surface area is 74.7 Å². The summed E-state index contributed by atoms with van der Waals surface area (Å²) in [5.41, 5.74) is 0. The molecule has 0 heterocycles. The van der Waals surface area contributed by atoms with Gasteiger partial charge in [-0.05, 0) is 4.89 Å². The lowest BCUT2D eigenvalue weighted by molar-refractivity contribution is -0.150. The maximum absolute atomic E-state index is 10.6. The fourth-order valence-electron chi connectivity index (χ4n) is 0.382. The quantitative estimate of drug-likeness (QED) is 0.556. The van der Waals surface area contributed by atoms with Gasteiger partial charge in [-0.25, -0.2) is 8.42 Å². The first-order chi connectivity index (χ1) is 5.81. The molecule has 0 amide bonds. The van der Waals surface area contributed by atoms with E-state index in [9.17, 15) is 18.0 Å². The summed E-state index contributed by atoms with van der Waals surface area (Å²) < 4.78 is 20.7. The monoisotopic (exact) mass is 211 g/mol. The zero-order valence-electron chi connectivity index (χ0n) is 6.81. The number of carboxylic acid groups (broad SMARTS) is 1. The molecule has 0 rings (SSSR count). The van der Waals surface area contributed by atoms with Gasteiger partial charge in [0.05, 0.1) is 19.1 Å². The van der Waals surface area contributed by atoms with Crippen molar-refractivity contribution in [1.82, 2.24) is 4.89 Å². The Bertz CT molecular complexity index is 294. The van der Waals surface area contributed by atoms with Gasteiger partial charge in [-0.1, -0.05) is 0 Å². The summed E-state index contributed by atoms with van der Waals surface area (Å²) in [6.07, 6.45) is 0.0274. The van der Waals surface area contributed by atoms with Crippen LogP contribution in [0, 0.1) is 0 Å². The van der Waals surface area contributed by atoms with Crippen LogP contribution in [0.2, 0.25) is 0 Å². The number of carboxylic acids is 1. The van der Waals surface area contributed by atoms with Gasteiger partial charge in [0.25, 0.3) is 0 Å². The summed E-state index contributed by atoms with van der Waals surface area (Å²) in [6.45, 7) is 0. The highest BCUT2D eigenvalue weighted by molar-refractivity contribution is 7.88. The Balaban J connectivity index is 3.71. The first kappa shape index (κ1) is 11.8. The van der Waals surface area contributed by atoms with E-state index in [0.717, 1.165) is 6.26 Å². The van der Waals surface area contributed by atoms with Crippen LogP contribution in [0.3, 0.4) is 0 Å². The predicted molar refractivity (Wildman–Crippen MR) is 40.9 cm³/mol. The van der Waals surface area contributed by atoms with Crippen molar-refractivity contribution in [2.75, 3.05) is 6.26 Å². The van der Waals surface area contributed by atoms with Crippen LogP contribution in [0.25, 0.3) is 0 Å². The van der Waals surface area contributed by atoms with E-state index in [-0.39, 0.29) is 6.42 Å². The van der Waals surface area contributed by atoms with Crippen molar-refractivity contribution in [2.24, 2.45) is 0 Å². The van der Waals surface area contributed by atoms with Crippen molar-refractivity contribution in [3.8, 4) is 0 Å². The molecule has 0 spiro atoms. The Morgan fingerprint density at radius 2 is 1.92 bits per heavy atom. The molecule has 0 aliphatic heterocycles. The third-order valence-corrected chi connectivity index (χ3v) is 1.24. The normalized spacial score (nSPS) is 10.8. The second-order valence-corrected chi connectivity index (χ2v) is 3.93. The van der Waals surface area contributed by atoms with E-state index in [4.69, 9.17) is 5.11 Å². The second kappa shape index (κ2) is 4.77. The van der Waals surface area contributed by atoms with Gasteiger partial charge in [0.15, 0.2) is 0 Å². The largest absolute Gasteiger partial charge is 0.481 e. The summed E-state index contributed by atoms with van der Waals surface area (Å²) in [7, 11) is -3.60. The highest BCUT2D eigenvalue weighted by atomic mass is 32.2. The van der Waals surface area contributed by atoms with Crippen LogP contribution in [-0.2, 0) is 24.4 Å². The molecule has 0 unspecified atom stereocenters. The molecule has 8 heteroatoms. The lowest BCUT2D eigenvalue weighted by atomic mass is 10.3. The highest BCUT2D eigenvalue weighted by Gasteiger charge is 2.09. The summed E-state index contributed by atoms with van der Waals surface area (Å²) >= 11 is 0. The molecule has 0 saturated carbocycles. The van der Waals surface area contributed by atoms with Gasteiger partial charge in [-0.2, -0.15) is 0 Å². The minimum atomic E-state index is -3.60. The van der Waals surface area contributed by atoms with Crippen molar-refractivity contribution in [2.45, 2.75) is 12.8 Å². The molecule has 0 atom stereocenters. The molecule has 0 aromatic rings. The maximum atomic E-state index is 10.6. The van der Waals surface area contributed by atoms with E-state index in [1.165, 1.54) is 4.89 Å². The Kier molecular flexibility index (Phi) is 4.35. The van der Waals surface area contributed by atoms with E-state index in [1.54, 1.807) is 0 Å². The van der Waals surface area contributed by atoms with Gasteiger partial charge in [0.2, 0.25) is 10.0 Å². The van der Waals surface area contributed by atoms with Crippen molar-refractivity contribution in [3.63, 3.8) is 0 Å². The molecule has 0 aromatic carbocycles. The molecular formula is C5H9NO6S. The first-order valence-electron chi connectivity index (χ1n) is 3.19. The number of hydrogen-bond donors (Lipinski definition) is 2. The minimum Gasteiger partial charge on any atom is -0.481 e. The molecule has 2 N–H and O–H groups in total. The predicted octanol–water partition coefficient (Wildman–Crippen LogP) is -1.14. The molecule has 0 aromatic heterocycles. The van der Waals surface area contributed by atoms with Gasteiger partial charge in [-0.3, -0.25) is 9.59 Å². The van der Waals surface area contributed by atoms with Crippen LogP contribution in [0.1, 0.15) is 12.8 Å². The molecule has 0 aliphatic carbocycles. The number of sulfonamides is 1. The van der Waals surface area contributed by atoms with Crippen LogP contribution in [0.5, 0.6) is 0 Å². The summed E-state index contributed by atoms with van der Waals surface area (Å²) in [5, 5.41) is 8.14. The van der Waals surface area contributed by atoms with E-state index in [2.05, 4.69) is 4.84 Å². The molecular weight excluding hydrogens is 202 g/mol. The topological polar surface area (TPSA) is 110 Å². The number of carbonyl (C=O) groups excluding carboxylic acids is 1. The Hall–Kier alpha value is -1.15. The van der Waals surface area contributed by atoms with Crippen LogP contribution in [0.15, 0.2) is 0 Å². The van der Waals surface area contributed by atoms with Crippen LogP contribution in [-0.4, -0.2) is 31.7 Å². The number of rotatable bonds is 5. The van der Waals surface area contributed by atoms with Crippen molar-refractivity contribution < 1.29 is 28.0 Å². The van der Waals surface area contributed by atoms with Crippen molar-refractivity contribution in [3.05, 3.63) is 0 Å². The van der Waals surface area contributed by atoms with Gasteiger partial charge in [0.1, 0.15) is 0 Å². The summed E-state index contributed by atoms with van der Waals surface area (Å²) in [4.78, 5) is 26.0. The number of nitrogens with one attached hydrogen (secondary N) is 1. The minimum absolute atomic E-state index is 0.377. The first-order valence-corrected chi connectivity index (χ1v) is 5.08. The van der Waals surface area contributed by atoms with Gasteiger partial charge < -0.3 is 9.94 Å². The van der Waals surface area contributed by atoms with E-state index >= 15 is 0 Å². The molecule has 0 bridgehead atoms. The van der Waals surface area contributed by atoms with E-state index < -0.39 is 28.4 Å². The average Bonchev–Trinajstić information content (AvgIpc) is 1.95. The fraction of sp³-hybridized carbons (Fsp3) is 0.600. The Morgan fingerprint density at radius 3 is 2.31 bits per heavy atom. The van der Waals surface area contributed by atoms with Crippen molar-refractivity contribution in [1.29, 1.82) is 0 Å². The number of carbonyl (C=O) groups is 2. The third-order valence-electron chi connectivity index (χ3n) is 0.850. The van der Waals surface area contributed by atoms with Crippen LogP contribution >= 0.6 is 0 Å². The van der Waals surface area contributed by atoms with E-state index in [0.29, 0.717) is 0 Å². The molecule has 7 nitrogen and oxygen atoms in total. The fourth-order valence-corrected chi connectivity index (χ4v) is 0.627. The van der Waals surface area contributed by atoms with Gasteiger partial charge in [0, 0.05) is 0 Å². The summed E-state index contributed by atoms with van der Waals surface area (Å²) in [6, 6.07) is 0. The lowest BCUT2D eigenvalue weighted by Crippen LogP contribution is -2.26. The molecule has 0 fully saturated rings. The van der Waals surface area contributed by atoms with E-state index in [1.807, 2.05) is 0 Å². The number of hydrogen-bond acceptors (Lipinski definition) is 5. The zero-order valence-corrected chi connectivity index (χ0v) is 7.63. The molecule has 0 radical (unpaired) electrons. The molecule has 76 valence electrons. The smallest absolute Gasteiger partial charge is 0.326 e.